The summed E-state index contributed by atoms with van der Waals surface area (Å²) in [7, 11) is -3.84. The molecule has 1 aromatic carbocycles. The van der Waals surface area contributed by atoms with Crippen molar-refractivity contribution in [3.8, 4) is 0 Å². The number of fused-ring (bicyclic) bond motifs is 1. The van der Waals surface area contributed by atoms with Crippen LogP contribution in [0.4, 0.5) is 5.82 Å². The number of hydrogen-bond acceptors (Lipinski definition) is 6. The van der Waals surface area contributed by atoms with Gasteiger partial charge in [-0.2, -0.15) is 4.31 Å². The molecule has 2 N–H and O–H groups in total. The van der Waals surface area contributed by atoms with Crippen LogP contribution in [0.2, 0.25) is 5.15 Å². The number of pyridine rings is 1. The van der Waals surface area contributed by atoms with Crippen molar-refractivity contribution in [3.05, 3.63) is 53.4 Å². The molecule has 1 aliphatic heterocycles. The number of halogens is 1. The minimum Gasteiger partial charge on any atom is -0.438 e. The van der Waals surface area contributed by atoms with E-state index in [0.717, 1.165) is 10.8 Å². The average Bonchev–Trinajstić information content (AvgIpc) is 3.20. The molecule has 8 nitrogen and oxygen atoms in total. The van der Waals surface area contributed by atoms with Gasteiger partial charge in [-0.1, -0.05) is 35.9 Å². The molecule has 3 aromatic rings. The van der Waals surface area contributed by atoms with E-state index in [1.807, 2.05) is 35.2 Å². The molecule has 0 aliphatic carbocycles. The number of nitrogens with two attached hydrogens (primary N) is 1. The highest BCUT2D eigenvalue weighted by molar-refractivity contribution is 7.89. The van der Waals surface area contributed by atoms with Crippen molar-refractivity contribution in [2.75, 3.05) is 31.1 Å². The summed E-state index contributed by atoms with van der Waals surface area (Å²) in [5, 5.41) is 1.97. The molecular weight excluding hydrogens is 404 g/mol. The van der Waals surface area contributed by atoms with Crippen molar-refractivity contribution in [3.63, 3.8) is 0 Å². The number of carbonyl (C=O) groups excluding carboxylic acids is 1. The number of furan rings is 1. The topological polar surface area (TPSA) is 110 Å². The van der Waals surface area contributed by atoms with E-state index in [2.05, 4.69) is 4.98 Å². The predicted octanol–water partition coefficient (Wildman–Crippen LogP) is 2.09. The highest BCUT2D eigenvalue weighted by atomic mass is 35.5. The Labute approximate surface area is 166 Å². The molecule has 10 heteroatoms. The van der Waals surface area contributed by atoms with E-state index in [4.69, 9.17) is 21.8 Å². The minimum absolute atomic E-state index is 0.188. The first kappa shape index (κ1) is 18.7. The molecule has 0 spiro atoms. The molecule has 0 bridgehead atoms. The number of amides is 1. The Balaban J connectivity index is 1.52. The van der Waals surface area contributed by atoms with Gasteiger partial charge in [-0.3, -0.25) is 4.79 Å². The third-order valence-corrected chi connectivity index (χ3v) is 6.72. The molecule has 1 saturated heterocycles. The average molecular weight is 421 g/mol. The number of aromatic nitrogens is 1. The first-order chi connectivity index (χ1) is 13.4. The summed E-state index contributed by atoms with van der Waals surface area (Å²) in [6.45, 7) is 1.40. The van der Waals surface area contributed by atoms with Crippen molar-refractivity contribution in [1.29, 1.82) is 0 Å². The first-order valence-corrected chi connectivity index (χ1v) is 10.4. The molecule has 1 aliphatic rings. The summed E-state index contributed by atoms with van der Waals surface area (Å²) in [6, 6.07) is 12.1. The Kier molecular flexibility index (Phi) is 4.74. The van der Waals surface area contributed by atoms with Gasteiger partial charge in [0.2, 0.25) is 5.09 Å². The quantitative estimate of drug-likeness (QED) is 0.647. The maximum atomic E-state index is 12.7. The lowest BCUT2D eigenvalue weighted by Gasteiger charge is -2.34. The monoisotopic (exact) mass is 420 g/mol. The van der Waals surface area contributed by atoms with Gasteiger partial charge in [0.05, 0.1) is 0 Å². The molecule has 0 atom stereocenters. The van der Waals surface area contributed by atoms with Gasteiger partial charge in [0, 0.05) is 31.6 Å². The van der Waals surface area contributed by atoms with Crippen LogP contribution in [0, 0.1) is 0 Å². The molecule has 0 saturated carbocycles. The summed E-state index contributed by atoms with van der Waals surface area (Å²) >= 11 is 6.30. The zero-order valence-electron chi connectivity index (χ0n) is 14.7. The van der Waals surface area contributed by atoms with Crippen molar-refractivity contribution < 1.29 is 17.6 Å². The van der Waals surface area contributed by atoms with Crippen LogP contribution in [0.5, 0.6) is 0 Å². The van der Waals surface area contributed by atoms with Crippen LogP contribution < -0.4 is 10.6 Å². The predicted molar refractivity (Wildman–Crippen MR) is 105 cm³/mol. The lowest BCUT2D eigenvalue weighted by atomic mass is 10.2. The molecule has 3 heterocycles. The number of anilines is 1. The highest BCUT2D eigenvalue weighted by Crippen LogP contribution is 2.28. The van der Waals surface area contributed by atoms with Crippen LogP contribution in [0.3, 0.4) is 0 Å². The Morgan fingerprint density at radius 3 is 2.50 bits per heavy atom. The number of carbonyl (C=O) groups is 1. The molecule has 2 aromatic heterocycles. The number of nitrogens with zero attached hydrogens (tertiary/aromatic N) is 3. The number of primary amides is 1. The second-order valence-corrected chi connectivity index (χ2v) is 8.59. The number of hydrogen-bond donors (Lipinski definition) is 1. The molecule has 146 valence electrons. The number of sulfonamides is 1. The maximum absolute atomic E-state index is 12.7. The largest absolute Gasteiger partial charge is 0.438 e. The van der Waals surface area contributed by atoms with Crippen molar-refractivity contribution in [2.45, 2.75) is 5.09 Å². The van der Waals surface area contributed by atoms with Crippen LogP contribution in [-0.2, 0) is 10.0 Å². The van der Waals surface area contributed by atoms with Crippen molar-refractivity contribution >= 4 is 44.1 Å². The lowest BCUT2D eigenvalue weighted by molar-refractivity contribution is 0.0968. The van der Waals surface area contributed by atoms with E-state index in [0.29, 0.717) is 24.1 Å². The summed E-state index contributed by atoms with van der Waals surface area (Å²) in [5.41, 5.74) is 5.12. The third-order valence-electron chi connectivity index (χ3n) is 4.66. The fraction of sp³-hybridized carbons (Fsp3) is 0.222. The van der Waals surface area contributed by atoms with E-state index in [9.17, 15) is 13.2 Å². The zero-order valence-corrected chi connectivity index (χ0v) is 16.3. The molecular formula is C18H17ClN4O4S. The third kappa shape index (κ3) is 3.32. The Bertz CT molecular complexity index is 1150. The molecule has 1 amide bonds. The van der Waals surface area contributed by atoms with E-state index >= 15 is 0 Å². The summed E-state index contributed by atoms with van der Waals surface area (Å²) in [5.74, 6) is -0.299. The second-order valence-electron chi connectivity index (χ2n) is 6.37. The van der Waals surface area contributed by atoms with Gasteiger partial charge in [0.15, 0.2) is 5.76 Å². The molecule has 28 heavy (non-hydrogen) atoms. The smallest absolute Gasteiger partial charge is 0.284 e. The van der Waals surface area contributed by atoms with Gasteiger partial charge < -0.3 is 15.1 Å². The molecule has 4 rings (SSSR count). The minimum atomic E-state index is -3.84. The van der Waals surface area contributed by atoms with Crippen LogP contribution in [-0.4, -0.2) is 49.8 Å². The second kappa shape index (κ2) is 7.08. The lowest BCUT2D eigenvalue weighted by Crippen LogP contribution is -2.48. The van der Waals surface area contributed by atoms with Crippen LogP contribution in [0.25, 0.3) is 10.8 Å². The summed E-state index contributed by atoms with van der Waals surface area (Å²) in [6.07, 6.45) is 0. The van der Waals surface area contributed by atoms with Crippen molar-refractivity contribution in [1.82, 2.24) is 9.29 Å². The Hall–Kier alpha value is -2.62. The normalized spacial score (nSPS) is 15.8. The fourth-order valence-corrected chi connectivity index (χ4v) is 4.77. The summed E-state index contributed by atoms with van der Waals surface area (Å²) in [4.78, 5) is 17.6. The van der Waals surface area contributed by atoms with Gasteiger partial charge >= 0.3 is 0 Å². The van der Waals surface area contributed by atoms with E-state index in [1.54, 1.807) is 0 Å². The van der Waals surface area contributed by atoms with Gasteiger partial charge in [0.1, 0.15) is 11.0 Å². The van der Waals surface area contributed by atoms with Crippen LogP contribution >= 0.6 is 11.6 Å². The van der Waals surface area contributed by atoms with E-state index in [-0.39, 0.29) is 23.9 Å². The number of benzene rings is 1. The van der Waals surface area contributed by atoms with E-state index < -0.39 is 15.9 Å². The van der Waals surface area contributed by atoms with Gasteiger partial charge in [-0.15, -0.1) is 0 Å². The molecule has 0 unspecified atom stereocenters. The standard InChI is InChI=1S/C18H17ClN4O4S/c19-17-13-4-2-1-3-12(13)11-15(21-17)22-7-9-23(10-8-22)28(25,26)16-6-5-14(27-16)18(20)24/h1-6,11H,7-10H2,(H2,20,24). The Morgan fingerprint density at radius 1 is 1.11 bits per heavy atom. The van der Waals surface area contributed by atoms with Crippen LogP contribution in [0.1, 0.15) is 10.6 Å². The number of piperazine rings is 1. The van der Waals surface area contributed by atoms with Crippen LogP contribution in [0.15, 0.2) is 52.0 Å². The maximum Gasteiger partial charge on any atom is 0.284 e. The SMILES string of the molecule is NC(=O)c1ccc(S(=O)(=O)N2CCN(c3cc4ccccc4c(Cl)n3)CC2)o1. The van der Waals surface area contributed by atoms with E-state index in [1.165, 1.54) is 16.4 Å². The zero-order chi connectivity index (χ0) is 19.9. The Morgan fingerprint density at radius 2 is 1.82 bits per heavy atom. The van der Waals surface area contributed by atoms with Crippen molar-refractivity contribution in [2.24, 2.45) is 5.73 Å². The molecule has 1 fully saturated rings. The number of rotatable bonds is 4. The summed E-state index contributed by atoms with van der Waals surface area (Å²) < 4.78 is 31.8. The fourth-order valence-electron chi connectivity index (χ4n) is 3.18. The molecule has 0 radical (unpaired) electrons. The van der Waals surface area contributed by atoms with Gasteiger partial charge in [-0.25, -0.2) is 13.4 Å². The van der Waals surface area contributed by atoms with Gasteiger partial charge in [-0.05, 0) is 23.6 Å². The first-order valence-electron chi connectivity index (χ1n) is 8.56. The van der Waals surface area contributed by atoms with Gasteiger partial charge in [0.25, 0.3) is 15.9 Å². The highest BCUT2D eigenvalue weighted by Gasteiger charge is 2.32.